The van der Waals surface area contributed by atoms with E-state index < -0.39 is 0 Å². The van der Waals surface area contributed by atoms with Gasteiger partial charge in [0, 0.05) is 11.6 Å². The molecule has 1 rings (SSSR count). The largest absolute Gasteiger partial charge is 0.468 e. The van der Waals surface area contributed by atoms with E-state index in [4.69, 9.17) is 10.2 Å². The predicted molar refractivity (Wildman–Crippen MR) is 64.0 cm³/mol. The van der Waals surface area contributed by atoms with Crippen LogP contribution in [0.15, 0.2) is 22.8 Å². The molecule has 4 heteroatoms. The van der Waals surface area contributed by atoms with Gasteiger partial charge in [-0.25, -0.2) is 0 Å². The second kappa shape index (κ2) is 4.99. The molecule has 1 aromatic heterocycles. The molecule has 0 aromatic carbocycles. The van der Waals surface area contributed by atoms with Crippen molar-refractivity contribution in [2.24, 2.45) is 5.73 Å². The number of nitrogens with zero attached hydrogens (tertiary/aromatic N) is 1. The molecule has 4 nitrogen and oxygen atoms in total. The summed E-state index contributed by atoms with van der Waals surface area (Å²) in [6.07, 6.45) is 1.64. The van der Waals surface area contributed by atoms with Gasteiger partial charge in [-0.3, -0.25) is 4.90 Å². The minimum atomic E-state index is -0.328. The number of likely N-dealkylation sites (N-methyl/N-ethyl adjacent to an activating group) is 1. The second-order valence-corrected chi connectivity index (χ2v) is 4.90. The molecule has 0 spiro atoms. The molecular formula is C12H22N2O2. The summed E-state index contributed by atoms with van der Waals surface area (Å²) in [5.41, 5.74) is 5.67. The molecule has 0 fully saturated rings. The molecule has 1 heterocycles. The SMILES string of the molecule is CC(N)C(c1ccco1)N(C)C(C)(C)CO. The fourth-order valence-corrected chi connectivity index (χ4v) is 1.75. The maximum absolute atomic E-state index is 9.38. The lowest BCUT2D eigenvalue weighted by Crippen LogP contribution is -2.50. The third kappa shape index (κ3) is 2.64. The van der Waals surface area contributed by atoms with E-state index in [-0.39, 0.29) is 24.2 Å². The van der Waals surface area contributed by atoms with Gasteiger partial charge in [0.05, 0.1) is 18.9 Å². The molecule has 0 aliphatic carbocycles. The summed E-state index contributed by atoms with van der Waals surface area (Å²) < 4.78 is 5.41. The third-order valence-electron chi connectivity index (χ3n) is 3.09. The molecule has 16 heavy (non-hydrogen) atoms. The van der Waals surface area contributed by atoms with Gasteiger partial charge in [-0.1, -0.05) is 0 Å². The van der Waals surface area contributed by atoms with Gasteiger partial charge >= 0.3 is 0 Å². The van der Waals surface area contributed by atoms with E-state index >= 15 is 0 Å². The first-order chi connectivity index (χ1) is 7.40. The highest BCUT2D eigenvalue weighted by molar-refractivity contribution is 5.08. The van der Waals surface area contributed by atoms with E-state index in [1.807, 2.05) is 40.0 Å². The molecular weight excluding hydrogens is 204 g/mol. The van der Waals surface area contributed by atoms with E-state index in [1.54, 1.807) is 6.26 Å². The summed E-state index contributed by atoms with van der Waals surface area (Å²) in [6, 6.07) is 3.67. The standard InChI is InChI=1S/C12H22N2O2/c1-9(13)11(10-6-5-7-16-10)14(4)12(2,3)8-15/h5-7,9,11,15H,8,13H2,1-4H3. The number of furan rings is 1. The molecule has 0 saturated carbocycles. The van der Waals surface area contributed by atoms with Gasteiger partial charge in [0.1, 0.15) is 5.76 Å². The van der Waals surface area contributed by atoms with Crippen molar-refractivity contribution in [1.29, 1.82) is 0 Å². The van der Waals surface area contributed by atoms with Crippen molar-refractivity contribution >= 4 is 0 Å². The van der Waals surface area contributed by atoms with E-state index in [0.29, 0.717) is 0 Å². The van der Waals surface area contributed by atoms with Gasteiger partial charge in [0.15, 0.2) is 0 Å². The Morgan fingerprint density at radius 2 is 2.19 bits per heavy atom. The molecule has 2 atom stereocenters. The smallest absolute Gasteiger partial charge is 0.122 e. The molecule has 0 radical (unpaired) electrons. The molecule has 1 aromatic rings. The van der Waals surface area contributed by atoms with Gasteiger partial charge in [0.2, 0.25) is 0 Å². The molecule has 0 aliphatic rings. The van der Waals surface area contributed by atoms with E-state index in [1.165, 1.54) is 0 Å². The van der Waals surface area contributed by atoms with Crippen molar-refractivity contribution in [3.8, 4) is 0 Å². The first kappa shape index (κ1) is 13.2. The van der Waals surface area contributed by atoms with Gasteiger partial charge in [-0.05, 0) is 40.0 Å². The minimum Gasteiger partial charge on any atom is -0.468 e. The molecule has 0 aliphatic heterocycles. The van der Waals surface area contributed by atoms with Crippen LogP contribution >= 0.6 is 0 Å². The van der Waals surface area contributed by atoms with Crippen LogP contribution in [0, 0.1) is 0 Å². The molecule has 0 amide bonds. The number of nitrogens with two attached hydrogens (primary N) is 1. The summed E-state index contributed by atoms with van der Waals surface area (Å²) in [6.45, 7) is 5.97. The maximum atomic E-state index is 9.38. The second-order valence-electron chi connectivity index (χ2n) is 4.90. The zero-order valence-electron chi connectivity index (χ0n) is 10.5. The zero-order valence-corrected chi connectivity index (χ0v) is 10.5. The summed E-state index contributed by atoms with van der Waals surface area (Å²) in [5.74, 6) is 0.832. The lowest BCUT2D eigenvalue weighted by atomic mass is 9.97. The van der Waals surface area contributed by atoms with Crippen LogP contribution in [0.25, 0.3) is 0 Å². The maximum Gasteiger partial charge on any atom is 0.122 e. The molecule has 2 unspecified atom stereocenters. The number of hydrogen-bond donors (Lipinski definition) is 2. The average molecular weight is 226 g/mol. The number of rotatable bonds is 5. The van der Waals surface area contributed by atoms with E-state index in [2.05, 4.69) is 4.90 Å². The Morgan fingerprint density at radius 1 is 1.56 bits per heavy atom. The van der Waals surface area contributed by atoms with E-state index in [0.717, 1.165) is 5.76 Å². The molecule has 0 bridgehead atoms. The van der Waals surface area contributed by atoms with Gasteiger partial charge in [-0.15, -0.1) is 0 Å². The highest BCUT2D eigenvalue weighted by Gasteiger charge is 2.33. The molecule has 0 saturated heterocycles. The number of hydrogen-bond acceptors (Lipinski definition) is 4. The fourth-order valence-electron chi connectivity index (χ4n) is 1.75. The summed E-state index contributed by atoms with van der Waals surface area (Å²) in [4.78, 5) is 2.05. The van der Waals surface area contributed by atoms with Crippen LogP contribution in [-0.4, -0.2) is 35.2 Å². The average Bonchev–Trinajstić information content (AvgIpc) is 2.70. The number of aliphatic hydroxyl groups excluding tert-OH is 1. The van der Waals surface area contributed by atoms with Gasteiger partial charge in [0.25, 0.3) is 0 Å². The highest BCUT2D eigenvalue weighted by Crippen LogP contribution is 2.28. The van der Waals surface area contributed by atoms with Crippen LogP contribution in [0.3, 0.4) is 0 Å². The number of aliphatic hydroxyl groups is 1. The Morgan fingerprint density at radius 3 is 2.56 bits per heavy atom. The van der Waals surface area contributed by atoms with Crippen molar-refractivity contribution in [2.45, 2.75) is 38.4 Å². The minimum absolute atomic E-state index is 0.0304. The third-order valence-corrected chi connectivity index (χ3v) is 3.09. The van der Waals surface area contributed by atoms with Gasteiger partial charge in [-0.2, -0.15) is 0 Å². The van der Waals surface area contributed by atoms with Crippen molar-refractivity contribution in [2.75, 3.05) is 13.7 Å². The normalized spacial score (nSPS) is 16.4. The topological polar surface area (TPSA) is 62.6 Å². The Kier molecular flexibility index (Phi) is 4.13. The van der Waals surface area contributed by atoms with Crippen molar-refractivity contribution < 1.29 is 9.52 Å². The molecule has 3 N–H and O–H groups in total. The van der Waals surface area contributed by atoms with Crippen LogP contribution in [0.5, 0.6) is 0 Å². The van der Waals surface area contributed by atoms with Crippen LogP contribution < -0.4 is 5.73 Å². The van der Waals surface area contributed by atoms with Gasteiger partial charge < -0.3 is 15.3 Å². The lowest BCUT2D eigenvalue weighted by molar-refractivity contribution is 0.0293. The highest BCUT2D eigenvalue weighted by atomic mass is 16.3. The quantitative estimate of drug-likeness (QED) is 0.796. The van der Waals surface area contributed by atoms with Crippen molar-refractivity contribution in [3.63, 3.8) is 0 Å². The Balaban J connectivity index is 2.96. The molecule has 92 valence electrons. The first-order valence-electron chi connectivity index (χ1n) is 5.53. The summed E-state index contributed by atoms with van der Waals surface area (Å²) in [5, 5.41) is 9.38. The van der Waals surface area contributed by atoms with Crippen LogP contribution in [0.4, 0.5) is 0 Å². The van der Waals surface area contributed by atoms with Crippen molar-refractivity contribution in [1.82, 2.24) is 4.90 Å². The summed E-state index contributed by atoms with van der Waals surface area (Å²) >= 11 is 0. The van der Waals surface area contributed by atoms with Crippen LogP contribution in [0.1, 0.15) is 32.6 Å². The zero-order chi connectivity index (χ0) is 12.3. The lowest BCUT2D eigenvalue weighted by Gasteiger charge is -2.40. The van der Waals surface area contributed by atoms with Crippen molar-refractivity contribution in [3.05, 3.63) is 24.2 Å². The Labute approximate surface area is 97.0 Å². The Bertz CT molecular complexity index is 307. The van der Waals surface area contributed by atoms with Crippen LogP contribution in [0.2, 0.25) is 0 Å². The first-order valence-corrected chi connectivity index (χ1v) is 5.53. The fraction of sp³-hybridized carbons (Fsp3) is 0.667. The monoisotopic (exact) mass is 226 g/mol. The Hall–Kier alpha value is -0.840. The van der Waals surface area contributed by atoms with Crippen LogP contribution in [-0.2, 0) is 0 Å². The van der Waals surface area contributed by atoms with E-state index in [9.17, 15) is 5.11 Å². The summed E-state index contributed by atoms with van der Waals surface area (Å²) in [7, 11) is 1.95. The predicted octanol–water partition coefficient (Wildman–Crippen LogP) is 1.37.